The van der Waals surface area contributed by atoms with Gasteiger partial charge in [-0.3, -0.25) is 0 Å². The summed E-state index contributed by atoms with van der Waals surface area (Å²) >= 11 is 0. The molecule has 1 radical (unpaired) electrons. The number of hydrogen-bond acceptors (Lipinski definition) is 1. The second-order valence-electron chi connectivity index (χ2n) is 5.42. The number of benzene rings is 1. The van der Waals surface area contributed by atoms with Crippen molar-refractivity contribution in [2.24, 2.45) is 0 Å². The molecule has 0 aromatic heterocycles. The van der Waals surface area contributed by atoms with Crippen LogP contribution in [0.15, 0.2) is 18.2 Å². The third-order valence-corrected chi connectivity index (χ3v) is 2.66. The summed E-state index contributed by atoms with van der Waals surface area (Å²) in [5, 5.41) is 9.11. The fraction of sp³-hybridized carbons (Fsp3) is 0.500. The van der Waals surface area contributed by atoms with E-state index in [-0.39, 0.29) is 5.41 Å². The first kappa shape index (κ1) is 12.3. The Kier molecular flexibility index (Phi) is 3.56. The van der Waals surface area contributed by atoms with E-state index >= 15 is 0 Å². The summed E-state index contributed by atoms with van der Waals surface area (Å²) < 4.78 is 0. The van der Waals surface area contributed by atoms with Gasteiger partial charge in [0.25, 0.3) is 0 Å². The monoisotopic (exact) mass is 205 g/mol. The molecule has 0 fully saturated rings. The SMILES string of the molecule is CC(C)c1cc([CH]O)cc(C(C)(C)C)c1. The van der Waals surface area contributed by atoms with Gasteiger partial charge in [-0.15, -0.1) is 0 Å². The molecule has 0 atom stereocenters. The first-order valence-corrected chi connectivity index (χ1v) is 5.47. The van der Waals surface area contributed by atoms with Gasteiger partial charge in [0.1, 0.15) is 6.61 Å². The minimum absolute atomic E-state index is 0.128. The highest BCUT2D eigenvalue weighted by Crippen LogP contribution is 2.27. The molecule has 0 aliphatic rings. The van der Waals surface area contributed by atoms with Crippen LogP contribution in [0.2, 0.25) is 0 Å². The van der Waals surface area contributed by atoms with Crippen molar-refractivity contribution < 1.29 is 5.11 Å². The predicted molar refractivity (Wildman–Crippen MR) is 64.6 cm³/mol. The van der Waals surface area contributed by atoms with Gasteiger partial charge < -0.3 is 5.11 Å². The van der Waals surface area contributed by atoms with E-state index in [1.54, 1.807) is 0 Å². The zero-order valence-corrected chi connectivity index (χ0v) is 10.3. The van der Waals surface area contributed by atoms with Crippen LogP contribution in [0, 0.1) is 6.61 Å². The average molecular weight is 205 g/mol. The maximum absolute atomic E-state index is 9.11. The lowest BCUT2D eigenvalue weighted by Gasteiger charge is -2.22. The Labute approximate surface area is 93.1 Å². The van der Waals surface area contributed by atoms with Crippen molar-refractivity contribution in [1.82, 2.24) is 0 Å². The van der Waals surface area contributed by atoms with Crippen LogP contribution in [-0.2, 0) is 5.41 Å². The van der Waals surface area contributed by atoms with Crippen molar-refractivity contribution in [3.63, 3.8) is 0 Å². The molecule has 83 valence electrons. The molecule has 1 heteroatoms. The molecule has 0 amide bonds. The standard InChI is InChI=1S/C14H21O/c1-10(2)12-6-11(9-15)7-13(8-12)14(3,4)5/h6-10,15H,1-5H3. The van der Waals surface area contributed by atoms with E-state index in [1.807, 2.05) is 12.1 Å². The second kappa shape index (κ2) is 4.36. The number of hydrogen-bond donors (Lipinski definition) is 1. The summed E-state index contributed by atoms with van der Waals surface area (Å²) in [5.41, 5.74) is 3.57. The van der Waals surface area contributed by atoms with E-state index < -0.39 is 0 Å². The molecule has 1 nitrogen and oxygen atoms in total. The van der Waals surface area contributed by atoms with Crippen LogP contribution in [0.3, 0.4) is 0 Å². The average Bonchev–Trinajstić information content (AvgIpc) is 2.15. The Bertz CT molecular complexity index is 332. The lowest BCUT2D eigenvalue weighted by atomic mass is 9.83. The Morgan fingerprint density at radius 1 is 1.13 bits per heavy atom. The van der Waals surface area contributed by atoms with Crippen molar-refractivity contribution in [1.29, 1.82) is 0 Å². The minimum atomic E-state index is 0.128. The topological polar surface area (TPSA) is 20.2 Å². The fourth-order valence-electron chi connectivity index (χ4n) is 1.52. The zero-order chi connectivity index (χ0) is 11.6. The summed E-state index contributed by atoms with van der Waals surface area (Å²) in [7, 11) is 0. The highest BCUT2D eigenvalue weighted by molar-refractivity contribution is 5.37. The zero-order valence-electron chi connectivity index (χ0n) is 10.3. The molecule has 0 saturated carbocycles. The van der Waals surface area contributed by atoms with Crippen molar-refractivity contribution in [3.8, 4) is 0 Å². The largest absolute Gasteiger partial charge is 0.385 e. The highest BCUT2D eigenvalue weighted by Gasteiger charge is 2.15. The van der Waals surface area contributed by atoms with Crippen LogP contribution in [0.4, 0.5) is 0 Å². The van der Waals surface area contributed by atoms with Crippen LogP contribution in [0.5, 0.6) is 0 Å². The first-order chi connectivity index (χ1) is 6.84. The lowest BCUT2D eigenvalue weighted by Crippen LogP contribution is -2.12. The Morgan fingerprint density at radius 2 is 1.73 bits per heavy atom. The normalized spacial score (nSPS) is 12.2. The molecule has 1 aromatic carbocycles. The molecular formula is C14H21O. The van der Waals surface area contributed by atoms with Gasteiger partial charge in [-0.25, -0.2) is 0 Å². The number of aliphatic hydroxyl groups excluding tert-OH is 1. The molecule has 1 aromatic rings. The van der Waals surface area contributed by atoms with Gasteiger partial charge in [0.2, 0.25) is 0 Å². The summed E-state index contributed by atoms with van der Waals surface area (Å²) in [6, 6.07) is 6.32. The van der Waals surface area contributed by atoms with Crippen molar-refractivity contribution >= 4 is 0 Å². The molecule has 0 bridgehead atoms. The minimum Gasteiger partial charge on any atom is -0.385 e. The van der Waals surface area contributed by atoms with Gasteiger partial charge in [0, 0.05) is 0 Å². The number of aliphatic hydroxyl groups is 1. The first-order valence-electron chi connectivity index (χ1n) is 5.47. The van der Waals surface area contributed by atoms with Crippen molar-refractivity contribution in [2.75, 3.05) is 0 Å². The Morgan fingerprint density at radius 3 is 2.13 bits per heavy atom. The fourth-order valence-corrected chi connectivity index (χ4v) is 1.52. The van der Waals surface area contributed by atoms with Crippen molar-refractivity contribution in [3.05, 3.63) is 41.5 Å². The summed E-state index contributed by atoms with van der Waals surface area (Å²) in [6.45, 7) is 12.1. The van der Waals surface area contributed by atoms with Crippen LogP contribution < -0.4 is 0 Å². The third-order valence-electron chi connectivity index (χ3n) is 2.66. The molecule has 15 heavy (non-hydrogen) atoms. The molecule has 0 saturated heterocycles. The van der Waals surface area contributed by atoms with E-state index in [0.29, 0.717) is 5.92 Å². The van der Waals surface area contributed by atoms with E-state index in [0.717, 1.165) is 5.56 Å². The molecule has 0 aliphatic heterocycles. The summed E-state index contributed by atoms with van der Waals surface area (Å²) in [6.07, 6.45) is 0. The molecule has 1 rings (SSSR count). The van der Waals surface area contributed by atoms with Crippen LogP contribution in [0.1, 0.15) is 57.2 Å². The second-order valence-corrected chi connectivity index (χ2v) is 5.42. The van der Waals surface area contributed by atoms with E-state index in [2.05, 4.69) is 40.7 Å². The van der Waals surface area contributed by atoms with Crippen LogP contribution in [-0.4, -0.2) is 5.11 Å². The number of rotatable bonds is 2. The maximum Gasteiger partial charge on any atom is 0.109 e. The molecular weight excluding hydrogens is 184 g/mol. The van der Waals surface area contributed by atoms with Gasteiger partial charge in [-0.05, 0) is 28.0 Å². The Balaban J connectivity index is 3.23. The third kappa shape index (κ3) is 3.07. The van der Waals surface area contributed by atoms with Gasteiger partial charge in [0.05, 0.1) is 0 Å². The molecule has 0 spiro atoms. The quantitative estimate of drug-likeness (QED) is 0.774. The molecule has 0 heterocycles. The molecule has 0 aliphatic carbocycles. The van der Waals surface area contributed by atoms with E-state index in [4.69, 9.17) is 5.11 Å². The van der Waals surface area contributed by atoms with Crippen LogP contribution in [0.25, 0.3) is 0 Å². The maximum atomic E-state index is 9.11. The molecule has 0 unspecified atom stereocenters. The van der Waals surface area contributed by atoms with Crippen LogP contribution >= 0.6 is 0 Å². The van der Waals surface area contributed by atoms with Crippen molar-refractivity contribution in [2.45, 2.75) is 46.0 Å². The van der Waals surface area contributed by atoms with Gasteiger partial charge in [-0.2, -0.15) is 0 Å². The Hall–Kier alpha value is -0.820. The van der Waals surface area contributed by atoms with E-state index in [1.165, 1.54) is 17.7 Å². The lowest BCUT2D eigenvalue weighted by molar-refractivity contribution is 0.414. The predicted octanol–water partition coefficient (Wildman–Crippen LogP) is 3.99. The summed E-state index contributed by atoms with van der Waals surface area (Å²) in [5.74, 6) is 0.492. The molecule has 1 N–H and O–H groups in total. The van der Waals surface area contributed by atoms with E-state index in [9.17, 15) is 0 Å². The summed E-state index contributed by atoms with van der Waals surface area (Å²) in [4.78, 5) is 0. The van der Waals surface area contributed by atoms with Gasteiger partial charge in [-0.1, -0.05) is 52.8 Å². The van der Waals surface area contributed by atoms with Gasteiger partial charge in [0.15, 0.2) is 0 Å². The smallest absolute Gasteiger partial charge is 0.109 e. The highest BCUT2D eigenvalue weighted by atomic mass is 16.3. The van der Waals surface area contributed by atoms with Gasteiger partial charge >= 0.3 is 0 Å².